The molecule has 1 aromatic carbocycles. The van der Waals surface area contributed by atoms with E-state index in [2.05, 4.69) is 13.0 Å². The zero-order valence-electron chi connectivity index (χ0n) is 10.2. The summed E-state index contributed by atoms with van der Waals surface area (Å²) in [5, 5.41) is 0. The van der Waals surface area contributed by atoms with E-state index in [4.69, 9.17) is 4.74 Å². The van der Waals surface area contributed by atoms with E-state index in [1.165, 1.54) is 11.1 Å². The van der Waals surface area contributed by atoms with Crippen molar-refractivity contribution >= 4 is 5.78 Å². The van der Waals surface area contributed by atoms with E-state index in [1.807, 2.05) is 13.0 Å². The summed E-state index contributed by atoms with van der Waals surface area (Å²) in [6.45, 7) is 4.09. The second-order valence-corrected chi connectivity index (χ2v) is 4.59. The Kier molecular flexibility index (Phi) is 2.99. The molecule has 2 heteroatoms. The first-order valence-electron chi connectivity index (χ1n) is 5.81. The second-order valence-electron chi connectivity index (χ2n) is 4.59. The Balaban J connectivity index is 2.41. The van der Waals surface area contributed by atoms with Gasteiger partial charge in [0, 0.05) is 12.3 Å². The molecule has 0 spiro atoms. The van der Waals surface area contributed by atoms with Crippen LogP contribution in [-0.2, 0) is 4.79 Å². The van der Waals surface area contributed by atoms with E-state index in [0.717, 1.165) is 30.6 Å². The highest BCUT2D eigenvalue weighted by molar-refractivity contribution is 5.88. The molecule has 2 rings (SSSR count). The maximum absolute atomic E-state index is 11.8. The first-order chi connectivity index (χ1) is 7.63. The summed E-state index contributed by atoms with van der Waals surface area (Å²) in [5.74, 6) is 1.43. The van der Waals surface area contributed by atoms with Crippen molar-refractivity contribution in [1.29, 1.82) is 0 Å². The molecule has 1 aliphatic carbocycles. The van der Waals surface area contributed by atoms with Crippen LogP contribution in [0.15, 0.2) is 12.1 Å². The van der Waals surface area contributed by atoms with Gasteiger partial charge in [-0.3, -0.25) is 4.79 Å². The first kappa shape index (κ1) is 11.2. The lowest BCUT2D eigenvalue weighted by molar-refractivity contribution is -0.118. The van der Waals surface area contributed by atoms with Crippen LogP contribution in [-0.4, -0.2) is 12.9 Å². The normalized spacial score (nSPS) is 20.2. The average molecular weight is 218 g/mol. The molecule has 1 aromatic rings. The SMILES string of the molecule is COc1cc(C)c(C2CCCC2=O)cc1C. The van der Waals surface area contributed by atoms with Crippen molar-refractivity contribution in [3.63, 3.8) is 0 Å². The van der Waals surface area contributed by atoms with Gasteiger partial charge in [0.1, 0.15) is 11.5 Å². The van der Waals surface area contributed by atoms with Crippen molar-refractivity contribution in [2.45, 2.75) is 39.0 Å². The summed E-state index contributed by atoms with van der Waals surface area (Å²) in [6.07, 6.45) is 2.79. The van der Waals surface area contributed by atoms with Crippen molar-refractivity contribution < 1.29 is 9.53 Å². The number of carbonyl (C=O) groups excluding carboxylic acids is 1. The lowest BCUT2D eigenvalue weighted by Crippen LogP contribution is -2.07. The fourth-order valence-corrected chi connectivity index (χ4v) is 2.55. The summed E-state index contributed by atoms with van der Waals surface area (Å²) in [7, 11) is 1.68. The van der Waals surface area contributed by atoms with Crippen molar-refractivity contribution in [3.8, 4) is 5.75 Å². The van der Waals surface area contributed by atoms with Crippen LogP contribution in [0.1, 0.15) is 41.9 Å². The number of ketones is 1. The molecule has 1 saturated carbocycles. The smallest absolute Gasteiger partial charge is 0.140 e. The Bertz CT molecular complexity index is 421. The number of ether oxygens (including phenoxy) is 1. The quantitative estimate of drug-likeness (QED) is 0.762. The molecule has 0 amide bonds. The van der Waals surface area contributed by atoms with Crippen molar-refractivity contribution in [1.82, 2.24) is 0 Å². The van der Waals surface area contributed by atoms with Crippen LogP contribution in [0.4, 0.5) is 0 Å². The van der Waals surface area contributed by atoms with Crippen LogP contribution in [0, 0.1) is 13.8 Å². The van der Waals surface area contributed by atoms with Gasteiger partial charge in [0.15, 0.2) is 0 Å². The van der Waals surface area contributed by atoms with Gasteiger partial charge in [-0.1, -0.05) is 6.07 Å². The number of hydrogen-bond donors (Lipinski definition) is 0. The number of aryl methyl sites for hydroxylation is 2. The number of carbonyl (C=O) groups is 1. The third-order valence-corrected chi connectivity index (χ3v) is 3.46. The zero-order valence-corrected chi connectivity index (χ0v) is 10.2. The fraction of sp³-hybridized carbons (Fsp3) is 0.500. The molecule has 0 aliphatic heterocycles. The van der Waals surface area contributed by atoms with Gasteiger partial charge in [0.2, 0.25) is 0 Å². The van der Waals surface area contributed by atoms with Gasteiger partial charge >= 0.3 is 0 Å². The number of benzene rings is 1. The van der Waals surface area contributed by atoms with Gasteiger partial charge in [0.25, 0.3) is 0 Å². The molecule has 0 radical (unpaired) electrons. The third-order valence-electron chi connectivity index (χ3n) is 3.46. The maximum Gasteiger partial charge on any atom is 0.140 e. The minimum absolute atomic E-state index is 0.129. The molecule has 1 aliphatic rings. The molecule has 2 nitrogen and oxygen atoms in total. The molecule has 1 unspecified atom stereocenters. The summed E-state index contributed by atoms with van der Waals surface area (Å²) in [6, 6.07) is 4.15. The Morgan fingerprint density at radius 1 is 1.25 bits per heavy atom. The largest absolute Gasteiger partial charge is 0.496 e. The van der Waals surface area contributed by atoms with Crippen molar-refractivity contribution in [3.05, 3.63) is 28.8 Å². The Labute approximate surface area is 96.6 Å². The molecule has 1 fully saturated rings. The molecule has 0 heterocycles. The second kappa shape index (κ2) is 4.28. The Morgan fingerprint density at radius 2 is 2.00 bits per heavy atom. The average Bonchev–Trinajstić information content (AvgIpc) is 2.67. The van der Waals surface area contributed by atoms with Crippen molar-refractivity contribution in [2.24, 2.45) is 0 Å². The highest BCUT2D eigenvalue weighted by atomic mass is 16.5. The summed E-state index contributed by atoms with van der Waals surface area (Å²) >= 11 is 0. The fourth-order valence-electron chi connectivity index (χ4n) is 2.55. The van der Waals surface area contributed by atoms with Crippen LogP contribution in [0.3, 0.4) is 0 Å². The molecule has 1 atom stereocenters. The first-order valence-corrected chi connectivity index (χ1v) is 5.81. The summed E-state index contributed by atoms with van der Waals surface area (Å²) in [5.41, 5.74) is 3.48. The highest BCUT2D eigenvalue weighted by Gasteiger charge is 2.27. The van der Waals surface area contributed by atoms with Gasteiger partial charge in [-0.15, -0.1) is 0 Å². The van der Waals surface area contributed by atoms with Crippen molar-refractivity contribution in [2.75, 3.05) is 7.11 Å². The molecule has 0 saturated heterocycles. The van der Waals surface area contributed by atoms with Gasteiger partial charge in [0.05, 0.1) is 7.11 Å². The van der Waals surface area contributed by atoms with Crippen LogP contribution in [0.25, 0.3) is 0 Å². The van der Waals surface area contributed by atoms with Crippen LogP contribution in [0.2, 0.25) is 0 Å². The minimum Gasteiger partial charge on any atom is -0.496 e. The number of methoxy groups -OCH3 is 1. The summed E-state index contributed by atoms with van der Waals surface area (Å²) in [4.78, 5) is 11.8. The zero-order chi connectivity index (χ0) is 11.7. The Morgan fingerprint density at radius 3 is 2.56 bits per heavy atom. The van der Waals surface area contributed by atoms with Crippen LogP contribution < -0.4 is 4.74 Å². The Hall–Kier alpha value is -1.31. The third kappa shape index (κ3) is 1.84. The predicted molar refractivity (Wildman–Crippen MR) is 64.1 cm³/mol. The van der Waals surface area contributed by atoms with Gasteiger partial charge < -0.3 is 4.74 Å². The number of Topliss-reactive ketones (excluding diaryl/α,β-unsaturated/α-hetero) is 1. The number of hydrogen-bond acceptors (Lipinski definition) is 2. The lowest BCUT2D eigenvalue weighted by atomic mass is 9.91. The van der Waals surface area contributed by atoms with Crippen LogP contribution in [0.5, 0.6) is 5.75 Å². The minimum atomic E-state index is 0.129. The molecule has 0 bridgehead atoms. The summed E-state index contributed by atoms with van der Waals surface area (Å²) < 4.78 is 5.29. The van der Waals surface area contributed by atoms with Gasteiger partial charge in [-0.25, -0.2) is 0 Å². The van der Waals surface area contributed by atoms with Gasteiger partial charge in [-0.2, -0.15) is 0 Å². The highest BCUT2D eigenvalue weighted by Crippen LogP contribution is 2.35. The van der Waals surface area contributed by atoms with E-state index < -0.39 is 0 Å². The lowest BCUT2D eigenvalue weighted by Gasteiger charge is -2.15. The topological polar surface area (TPSA) is 26.3 Å². The predicted octanol–water partition coefficient (Wildman–Crippen LogP) is 3.15. The van der Waals surface area contributed by atoms with Crippen LogP contribution >= 0.6 is 0 Å². The maximum atomic E-state index is 11.8. The van der Waals surface area contributed by atoms with E-state index in [1.54, 1.807) is 7.11 Å². The standard InChI is InChI=1S/C14H18O2/c1-9-8-14(16-3)10(2)7-12(9)11-5-4-6-13(11)15/h7-8,11H,4-6H2,1-3H3. The molecule has 0 aromatic heterocycles. The van der Waals surface area contributed by atoms with Gasteiger partial charge in [-0.05, 0) is 49.4 Å². The molecule has 86 valence electrons. The van der Waals surface area contributed by atoms with E-state index in [0.29, 0.717) is 5.78 Å². The monoisotopic (exact) mass is 218 g/mol. The molecular weight excluding hydrogens is 200 g/mol. The molecule has 0 N–H and O–H groups in total. The van der Waals surface area contributed by atoms with E-state index in [-0.39, 0.29) is 5.92 Å². The number of rotatable bonds is 2. The molecular formula is C14H18O2. The molecule has 16 heavy (non-hydrogen) atoms. The van der Waals surface area contributed by atoms with E-state index in [9.17, 15) is 4.79 Å². The van der Waals surface area contributed by atoms with E-state index >= 15 is 0 Å².